The fraction of sp³-hybridized carbons (Fsp3) is 0.150. The van der Waals surface area contributed by atoms with E-state index in [1.165, 1.54) is 15.6 Å². The Hall–Kier alpha value is -3.92. The van der Waals surface area contributed by atoms with Crippen molar-refractivity contribution in [3.63, 3.8) is 0 Å². The second kappa shape index (κ2) is 7.40. The largest absolute Gasteiger partial charge is 0.454 e. The molecule has 2 aromatic carbocycles. The van der Waals surface area contributed by atoms with Gasteiger partial charge >= 0.3 is 0 Å². The summed E-state index contributed by atoms with van der Waals surface area (Å²) in [5.74, 6) is 0.757. The molecule has 0 saturated heterocycles. The Balaban J connectivity index is 1.39. The molecule has 3 heterocycles. The zero-order valence-corrected chi connectivity index (χ0v) is 17.0. The van der Waals surface area contributed by atoms with Crippen LogP contribution in [0.25, 0.3) is 16.9 Å². The van der Waals surface area contributed by atoms with Crippen LogP contribution < -0.4 is 20.3 Å². The van der Waals surface area contributed by atoms with Gasteiger partial charge < -0.3 is 14.8 Å². The molecule has 10 nitrogen and oxygen atoms in total. The van der Waals surface area contributed by atoms with Gasteiger partial charge in [-0.3, -0.25) is 14.2 Å². The van der Waals surface area contributed by atoms with Crippen molar-refractivity contribution in [2.75, 3.05) is 12.1 Å². The van der Waals surface area contributed by atoms with Gasteiger partial charge in [0.25, 0.3) is 5.56 Å². The summed E-state index contributed by atoms with van der Waals surface area (Å²) in [6, 6.07) is 10.4. The highest BCUT2D eigenvalue weighted by Gasteiger charge is 2.17. The molecule has 4 aromatic rings. The number of aromatic nitrogens is 5. The van der Waals surface area contributed by atoms with Gasteiger partial charge in [-0.05, 0) is 36.8 Å². The van der Waals surface area contributed by atoms with E-state index in [2.05, 4.69) is 20.6 Å². The first kappa shape index (κ1) is 19.1. The fourth-order valence-electron chi connectivity index (χ4n) is 3.17. The Morgan fingerprint density at radius 2 is 2.03 bits per heavy atom. The number of benzene rings is 2. The predicted octanol–water partition coefficient (Wildman–Crippen LogP) is 2.31. The number of carbonyl (C=O) groups excluding carboxylic acids is 1. The number of aryl methyl sites for hydroxylation is 1. The van der Waals surface area contributed by atoms with Crippen molar-refractivity contribution in [2.24, 2.45) is 0 Å². The molecule has 0 aliphatic carbocycles. The van der Waals surface area contributed by atoms with Crippen LogP contribution in [-0.4, -0.2) is 37.2 Å². The number of fused-ring (bicyclic) bond motifs is 2. The molecule has 0 unspecified atom stereocenters. The number of halogens is 1. The normalized spacial score (nSPS) is 12.3. The summed E-state index contributed by atoms with van der Waals surface area (Å²) in [5.41, 5.74) is 1.92. The fourth-order valence-corrected chi connectivity index (χ4v) is 3.35. The van der Waals surface area contributed by atoms with Crippen LogP contribution in [0.2, 0.25) is 5.02 Å². The number of amides is 1. The summed E-state index contributed by atoms with van der Waals surface area (Å²) in [5, 5.41) is 11.3. The smallest absolute Gasteiger partial charge is 0.284 e. The van der Waals surface area contributed by atoms with Crippen molar-refractivity contribution >= 4 is 34.4 Å². The minimum absolute atomic E-state index is 0.0510. The van der Waals surface area contributed by atoms with Crippen molar-refractivity contribution in [3.05, 3.63) is 63.7 Å². The van der Waals surface area contributed by atoms with Gasteiger partial charge in [-0.1, -0.05) is 22.9 Å². The predicted molar refractivity (Wildman–Crippen MR) is 112 cm³/mol. The third-order valence-corrected chi connectivity index (χ3v) is 5.21. The molecule has 0 bridgehead atoms. The van der Waals surface area contributed by atoms with Crippen LogP contribution in [0.5, 0.6) is 11.5 Å². The molecule has 0 spiro atoms. The summed E-state index contributed by atoms with van der Waals surface area (Å²) in [7, 11) is 0. The molecular weight excluding hydrogens is 424 g/mol. The van der Waals surface area contributed by atoms with E-state index in [1.54, 1.807) is 30.3 Å². The molecule has 1 N–H and O–H groups in total. The first-order valence-corrected chi connectivity index (χ1v) is 9.64. The lowest BCUT2D eigenvalue weighted by Crippen LogP contribution is -2.28. The number of hydrogen-bond donors (Lipinski definition) is 1. The number of nitrogens with zero attached hydrogens (tertiary/aromatic N) is 5. The lowest BCUT2D eigenvalue weighted by Gasteiger charge is -2.08. The lowest BCUT2D eigenvalue weighted by molar-refractivity contribution is -0.116. The summed E-state index contributed by atoms with van der Waals surface area (Å²) in [4.78, 5) is 29.5. The number of anilines is 1. The van der Waals surface area contributed by atoms with Crippen LogP contribution in [0, 0.1) is 6.92 Å². The van der Waals surface area contributed by atoms with Crippen LogP contribution >= 0.6 is 11.6 Å². The van der Waals surface area contributed by atoms with Gasteiger partial charge in [0.15, 0.2) is 22.7 Å². The van der Waals surface area contributed by atoms with Gasteiger partial charge in [0.1, 0.15) is 12.9 Å². The van der Waals surface area contributed by atoms with Gasteiger partial charge in [-0.15, -0.1) is 5.10 Å². The zero-order valence-electron chi connectivity index (χ0n) is 16.2. The standard InChI is InChI=1S/C20H15ClN6O4/c1-11-2-4-13(7-14(11)21)27-19-18(24-25-27)20(29)26(9-22-19)8-17(28)23-12-3-5-15-16(6-12)31-10-30-15/h2-7,9H,8,10H2,1H3,(H,23,28). The van der Waals surface area contributed by atoms with E-state index < -0.39 is 11.5 Å². The quantitative estimate of drug-likeness (QED) is 0.520. The van der Waals surface area contributed by atoms with E-state index >= 15 is 0 Å². The van der Waals surface area contributed by atoms with E-state index in [-0.39, 0.29) is 24.5 Å². The van der Waals surface area contributed by atoms with Gasteiger partial charge in [0.2, 0.25) is 12.7 Å². The Kier molecular flexibility index (Phi) is 4.55. The molecule has 0 fully saturated rings. The number of carbonyl (C=O) groups is 1. The molecule has 0 radical (unpaired) electrons. The molecule has 1 aliphatic rings. The molecule has 1 amide bonds. The maximum atomic E-state index is 12.8. The Labute approximate surface area is 180 Å². The molecular formula is C20H15ClN6O4. The molecule has 5 rings (SSSR count). The number of nitrogens with one attached hydrogen (secondary N) is 1. The summed E-state index contributed by atoms with van der Waals surface area (Å²) >= 11 is 6.19. The second-order valence-corrected chi connectivity index (χ2v) is 7.31. The van der Waals surface area contributed by atoms with Crippen LogP contribution in [0.4, 0.5) is 5.69 Å². The zero-order chi connectivity index (χ0) is 21.5. The highest BCUT2D eigenvalue weighted by Crippen LogP contribution is 2.34. The van der Waals surface area contributed by atoms with Crippen LogP contribution in [0.3, 0.4) is 0 Å². The second-order valence-electron chi connectivity index (χ2n) is 6.90. The Morgan fingerprint density at radius 3 is 2.87 bits per heavy atom. The monoisotopic (exact) mass is 438 g/mol. The highest BCUT2D eigenvalue weighted by atomic mass is 35.5. The minimum Gasteiger partial charge on any atom is -0.454 e. The Bertz CT molecular complexity index is 1400. The third-order valence-electron chi connectivity index (χ3n) is 4.80. The number of rotatable bonds is 4. The molecule has 0 saturated carbocycles. The van der Waals surface area contributed by atoms with E-state index in [4.69, 9.17) is 21.1 Å². The van der Waals surface area contributed by atoms with Crippen molar-refractivity contribution < 1.29 is 14.3 Å². The molecule has 2 aromatic heterocycles. The van der Waals surface area contributed by atoms with Crippen LogP contribution in [0.1, 0.15) is 5.56 Å². The van der Waals surface area contributed by atoms with E-state index in [0.29, 0.717) is 27.9 Å². The Morgan fingerprint density at radius 1 is 1.19 bits per heavy atom. The van der Waals surface area contributed by atoms with Crippen molar-refractivity contribution in [3.8, 4) is 17.2 Å². The summed E-state index contributed by atoms with van der Waals surface area (Å²) in [6.45, 7) is 1.79. The molecule has 1 aliphatic heterocycles. The van der Waals surface area contributed by atoms with Crippen molar-refractivity contribution in [1.29, 1.82) is 0 Å². The van der Waals surface area contributed by atoms with Crippen LogP contribution in [-0.2, 0) is 11.3 Å². The number of hydrogen-bond acceptors (Lipinski definition) is 7. The van der Waals surface area contributed by atoms with Gasteiger partial charge in [0, 0.05) is 16.8 Å². The average molecular weight is 439 g/mol. The SMILES string of the molecule is Cc1ccc(-n2nnc3c(=O)n(CC(=O)Nc4ccc5c(c4)OCO5)cnc32)cc1Cl. The average Bonchev–Trinajstić information content (AvgIpc) is 3.39. The summed E-state index contributed by atoms with van der Waals surface area (Å²) < 4.78 is 13.1. The molecule has 0 atom stereocenters. The number of ether oxygens (including phenoxy) is 2. The van der Waals surface area contributed by atoms with Gasteiger partial charge in [-0.2, -0.15) is 4.68 Å². The van der Waals surface area contributed by atoms with E-state index in [1.807, 2.05) is 13.0 Å². The maximum Gasteiger partial charge on any atom is 0.284 e. The molecule has 11 heteroatoms. The molecule has 156 valence electrons. The van der Waals surface area contributed by atoms with E-state index in [9.17, 15) is 9.59 Å². The first-order chi connectivity index (χ1) is 15.0. The van der Waals surface area contributed by atoms with Crippen molar-refractivity contribution in [1.82, 2.24) is 24.5 Å². The minimum atomic E-state index is -0.477. The molecule has 31 heavy (non-hydrogen) atoms. The first-order valence-electron chi connectivity index (χ1n) is 9.26. The lowest BCUT2D eigenvalue weighted by atomic mass is 10.2. The third kappa shape index (κ3) is 3.46. The summed E-state index contributed by atoms with van der Waals surface area (Å²) in [6.07, 6.45) is 1.29. The maximum absolute atomic E-state index is 12.8. The van der Waals surface area contributed by atoms with Gasteiger partial charge in [0.05, 0.1) is 5.69 Å². The highest BCUT2D eigenvalue weighted by molar-refractivity contribution is 6.31. The van der Waals surface area contributed by atoms with Gasteiger partial charge in [-0.25, -0.2) is 4.98 Å². The topological polar surface area (TPSA) is 113 Å². The van der Waals surface area contributed by atoms with Crippen molar-refractivity contribution in [2.45, 2.75) is 13.5 Å². The van der Waals surface area contributed by atoms with E-state index in [0.717, 1.165) is 5.56 Å². The van der Waals surface area contributed by atoms with Crippen LogP contribution in [0.15, 0.2) is 47.5 Å².